The number of hydrogen-bond acceptors (Lipinski definition) is 8. The number of methoxy groups -OCH3 is 1. The van der Waals surface area contributed by atoms with Crippen molar-refractivity contribution in [1.82, 2.24) is 10.3 Å². The number of amidine groups is 1. The van der Waals surface area contributed by atoms with Crippen LogP contribution in [0.3, 0.4) is 0 Å². The van der Waals surface area contributed by atoms with Crippen LogP contribution >= 0.6 is 11.8 Å². The molecule has 0 spiro atoms. The van der Waals surface area contributed by atoms with Crippen LogP contribution in [0.2, 0.25) is 0 Å². The van der Waals surface area contributed by atoms with Crippen molar-refractivity contribution >= 4 is 34.5 Å². The maximum Gasteiger partial charge on any atom is 0.341 e. The van der Waals surface area contributed by atoms with Crippen molar-refractivity contribution in [2.24, 2.45) is 10.1 Å². The first kappa shape index (κ1) is 19.8. The summed E-state index contributed by atoms with van der Waals surface area (Å²) in [4.78, 5) is 28.8. The molecule has 10 heteroatoms. The number of carboxylic acid groups (broad SMARTS) is 1. The molecule has 0 bridgehead atoms. The van der Waals surface area contributed by atoms with E-state index in [0.717, 1.165) is 0 Å². The Morgan fingerprint density at radius 1 is 1.27 bits per heavy atom. The molecule has 30 heavy (non-hydrogen) atoms. The second-order valence-corrected chi connectivity index (χ2v) is 7.13. The van der Waals surface area contributed by atoms with Gasteiger partial charge in [0.1, 0.15) is 5.70 Å². The molecule has 2 aromatic rings. The highest BCUT2D eigenvalue weighted by Crippen LogP contribution is 2.40. The highest BCUT2D eigenvalue weighted by atomic mass is 32.2. The zero-order valence-corrected chi connectivity index (χ0v) is 17.0. The number of rotatable bonds is 5. The zero-order valence-electron chi connectivity index (χ0n) is 16.2. The smallest absolute Gasteiger partial charge is 0.341 e. The van der Waals surface area contributed by atoms with Gasteiger partial charge in [0.2, 0.25) is 0 Å². The van der Waals surface area contributed by atoms with E-state index < -0.39 is 18.7 Å². The van der Waals surface area contributed by atoms with E-state index in [0.29, 0.717) is 32.8 Å². The van der Waals surface area contributed by atoms with Crippen molar-refractivity contribution in [3.05, 3.63) is 58.6 Å². The third kappa shape index (κ3) is 3.45. The van der Waals surface area contributed by atoms with Crippen molar-refractivity contribution in [1.29, 1.82) is 0 Å². The van der Waals surface area contributed by atoms with E-state index in [1.54, 1.807) is 24.5 Å². The number of carboxylic acids is 1. The summed E-state index contributed by atoms with van der Waals surface area (Å²) in [6.07, 6.45) is 1.06. The normalized spacial score (nSPS) is 17.2. The SMILES string of the molecule is COc1cccc(C2N=c3ccccc3=C3C(=O)NC(SC)=NN32)c1OCC(=O)O. The van der Waals surface area contributed by atoms with Gasteiger partial charge in [0.05, 0.1) is 12.5 Å². The molecule has 2 aromatic carbocycles. The number of fused-ring (bicyclic) bond motifs is 2. The molecular weight excluding hydrogens is 408 g/mol. The standard InChI is InChI=1S/C20H18N4O5S/c1-28-14-9-5-7-12(17(14)29-10-15(25)26)18-21-13-8-4-3-6-11(13)16-19(27)22-20(30-2)23-24(16)18/h3-9,18H,10H2,1-2H3,(H,25,26)(H,22,23,27). The fourth-order valence-electron chi connectivity index (χ4n) is 3.31. The predicted molar refractivity (Wildman–Crippen MR) is 110 cm³/mol. The van der Waals surface area contributed by atoms with Crippen LogP contribution in [0.25, 0.3) is 5.70 Å². The number of benzene rings is 2. The van der Waals surface area contributed by atoms with Crippen LogP contribution in [-0.4, -0.2) is 47.1 Å². The first-order chi connectivity index (χ1) is 14.5. The molecule has 2 aliphatic heterocycles. The molecule has 2 N–H and O–H groups in total. The molecule has 154 valence electrons. The molecule has 2 heterocycles. The summed E-state index contributed by atoms with van der Waals surface area (Å²) in [5.74, 6) is -0.815. The van der Waals surface area contributed by atoms with Crippen LogP contribution < -0.4 is 25.4 Å². The number of thioether (sulfide) groups is 1. The third-order valence-corrected chi connectivity index (χ3v) is 5.13. The highest BCUT2D eigenvalue weighted by Gasteiger charge is 2.36. The average Bonchev–Trinajstić information content (AvgIpc) is 2.76. The van der Waals surface area contributed by atoms with Crippen LogP contribution in [0.15, 0.2) is 52.6 Å². The third-order valence-electron chi connectivity index (χ3n) is 4.56. The molecule has 0 aromatic heterocycles. The van der Waals surface area contributed by atoms with Gasteiger partial charge in [-0.1, -0.05) is 42.1 Å². The Hall–Kier alpha value is -3.53. The van der Waals surface area contributed by atoms with Gasteiger partial charge in [-0.15, -0.1) is 5.10 Å². The van der Waals surface area contributed by atoms with Crippen molar-refractivity contribution in [2.45, 2.75) is 6.17 Å². The van der Waals surface area contributed by atoms with Gasteiger partial charge in [-0.25, -0.2) is 9.80 Å². The maximum atomic E-state index is 12.9. The summed E-state index contributed by atoms with van der Waals surface area (Å²) in [6.45, 7) is -0.549. The number of hydrazone groups is 1. The summed E-state index contributed by atoms with van der Waals surface area (Å²) in [5, 5.41) is 19.7. The molecule has 2 aliphatic rings. The fraction of sp³-hybridized carbons (Fsp3) is 0.200. The topological polar surface area (TPSA) is 113 Å². The molecule has 0 radical (unpaired) electrons. The molecule has 1 atom stereocenters. The highest BCUT2D eigenvalue weighted by molar-refractivity contribution is 8.13. The molecular formula is C20H18N4O5S. The monoisotopic (exact) mass is 426 g/mol. The summed E-state index contributed by atoms with van der Waals surface area (Å²) < 4.78 is 10.9. The van der Waals surface area contributed by atoms with Crippen LogP contribution in [-0.2, 0) is 9.59 Å². The fourth-order valence-corrected chi connectivity index (χ4v) is 3.67. The lowest BCUT2D eigenvalue weighted by Crippen LogP contribution is -2.50. The molecule has 1 unspecified atom stereocenters. The van der Waals surface area contributed by atoms with E-state index in [9.17, 15) is 9.59 Å². The summed E-state index contributed by atoms with van der Waals surface area (Å²) in [5.41, 5.74) is 0.886. The van der Waals surface area contributed by atoms with Gasteiger partial charge in [0.25, 0.3) is 5.91 Å². The van der Waals surface area contributed by atoms with E-state index in [1.165, 1.54) is 23.9 Å². The molecule has 0 saturated heterocycles. The van der Waals surface area contributed by atoms with E-state index >= 15 is 0 Å². The van der Waals surface area contributed by atoms with Crippen molar-refractivity contribution in [2.75, 3.05) is 20.0 Å². The largest absolute Gasteiger partial charge is 0.493 e. The second-order valence-electron chi connectivity index (χ2n) is 6.34. The van der Waals surface area contributed by atoms with Gasteiger partial charge in [-0.2, -0.15) is 0 Å². The van der Waals surface area contributed by atoms with Crippen LogP contribution in [0.5, 0.6) is 11.5 Å². The van der Waals surface area contributed by atoms with Gasteiger partial charge in [-0.05, 0) is 18.4 Å². The Balaban J connectivity index is 1.94. The molecule has 4 rings (SSSR count). The van der Waals surface area contributed by atoms with Gasteiger partial charge < -0.3 is 14.6 Å². The van der Waals surface area contributed by atoms with Crippen LogP contribution in [0.4, 0.5) is 0 Å². The first-order valence-corrected chi connectivity index (χ1v) is 10.2. The van der Waals surface area contributed by atoms with Crippen molar-refractivity contribution < 1.29 is 24.2 Å². The zero-order chi connectivity index (χ0) is 21.3. The Labute approximate surface area is 175 Å². The van der Waals surface area contributed by atoms with E-state index in [2.05, 4.69) is 10.4 Å². The first-order valence-electron chi connectivity index (χ1n) is 8.95. The van der Waals surface area contributed by atoms with Crippen molar-refractivity contribution in [3.8, 4) is 11.5 Å². The Morgan fingerprint density at radius 3 is 2.80 bits per heavy atom. The minimum Gasteiger partial charge on any atom is -0.493 e. The number of para-hydroxylation sites is 2. The van der Waals surface area contributed by atoms with Gasteiger partial charge >= 0.3 is 5.97 Å². The predicted octanol–water partition coefficient (Wildman–Crippen LogP) is 0.665. The number of carbonyl (C=O) groups excluding carboxylic acids is 1. The number of hydrogen-bond donors (Lipinski definition) is 2. The number of amides is 1. The Kier molecular flexibility index (Phi) is 5.32. The molecule has 9 nitrogen and oxygen atoms in total. The van der Waals surface area contributed by atoms with E-state index in [-0.39, 0.29) is 11.7 Å². The second kappa shape index (κ2) is 8.07. The molecule has 0 fully saturated rings. The lowest BCUT2D eigenvalue weighted by molar-refractivity contribution is -0.139. The summed E-state index contributed by atoms with van der Waals surface area (Å²) >= 11 is 1.30. The van der Waals surface area contributed by atoms with Crippen LogP contribution in [0.1, 0.15) is 11.7 Å². The minimum atomic E-state index is -1.12. The number of ether oxygens (including phenoxy) is 2. The number of aliphatic carboxylic acids is 1. The average molecular weight is 426 g/mol. The van der Waals surface area contributed by atoms with Gasteiger partial charge in [0.15, 0.2) is 29.4 Å². The number of nitrogens with zero attached hydrogens (tertiary/aromatic N) is 3. The number of carbonyl (C=O) groups is 2. The molecule has 0 saturated carbocycles. The summed E-state index contributed by atoms with van der Waals surface area (Å²) in [7, 11) is 1.47. The van der Waals surface area contributed by atoms with Crippen LogP contribution in [0, 0.1) is 0 Å². The van der Waals surface area contributed by atoms with Gasteiger partial charge in [-0.3, -0.25) is 15.1 Å². The van der Waals surface area contributed by atoms with E-state index in [1.807, 2.05) is 24.3 Å². The van der Waals surface area contributed by atoms with E-state index in [4.69, 9.17) is 19.6 Å². The minimum absolute atomic E-state index is 0.238. The lowest BCUT2D eigenvalue weighted by Gasteiger charge is -2.34. The maximum absolute atomic E-state index is 12.9. The molecule has 0 aliphatic carbocycles. The quantitative estimate of drug-likeness (QED) is 0.722. The summed E-state index contributed by atoms with van der Waals surface area (Å²) in [6, 6.07) is 12.5. The molecule has 1 amide bonds. The van der Waals surface area contributed by atoms with Crippen molar-refractivity contribution in [3.63, 3.8) is 0 Å². The Bertz CT molecular complexity index is 1180. The number of nitrogens with one attached hydrogen (secondary N) is 1. The van der Waals surface area contributed by atoms with Gasteiger partial charge in [0, 0.05) is 10.8 Å². The lowest BCUT2D eigenvalue weighted by atomic mass is 10.1. The Morgan fingerprint density at radius 2 is 2.07 bits per heavy atom.